The third-order valence-corrected chi connectivity index (χ3v) is 2.36. The van der Waals surface area contributed by atoms with Crippen molar-refractivity contribution in [2.75, 3.05) is 0 Å². The summed E-state index contributed by atoms with van der Waals surface area (Å²) >= 11 is 11.1. The molecule has 0 radical (unpaired) electrons. The van der Waals surface area contributed by atoms with Gasteiger partial charge in [-0.05, 0) is 0 Å². The number of aldehydes is 1. The molecule has 0 saturated carbocycles. The standard InChI is InChI=1S/C8H5Cl2F2NO/c9-1-4-6(3-14)13-2-5(7(4)10)8(11)12/h2-3,8H,1H2. The lowest BCUT2D eigenvalue weighted by molar-refractivity contribution is 0.111. The molecule has 0 amide bonds. The normalized spacial score (nSPS) is 10.6. The number of carbonyl (C=O) groups excluding carboxylic acids is 1. The molecule has 0 aliphatic carbocycles. The fourth-order valence-corrected chi connectivity index (χ4v) is 1.58. The zero-order valence-electron chi connectivity index (χ0n) is 6.81. The Bertz CT molecular complexity index is 357. The Hall–Kier alpha value is -0.740. The van der Waals surface area contributed by atoms with E-state index in [4.69, 9.17) is 23.2 Å². The minimum Gasteiger partial charge on any atom is -0.296 e. The molecule has 0 bridgehead atoms. The number of aromatic nitrogens is 1. The van der Waals surface area contributed by atoms with E-state index in [-0.39, 0.29) is 22.2 Å². The molecule has 0 aliphatic heterocycles. The molecule has 1 rings (SSSR count). The van der Waals surface area contributed by atoms with Crippen LogP contribution in [-0.2, 0) is 5.88 Å². The highest BCUT2D eigenvalue weighted by Crippen LogP contribution is 2.30. The zero-order chi connectivity index (χ0) is 10.7. The van der Waals surface area contributed by atoms with Gasteiger partial charge in [-0.15, -0.1) is 11.6 Å². The third kappa shape index (κ3) is 2.01. The second-order valence-corrected chi connectivity index (χ2v) is 3.09. The minimum absolute atomic E-state index is 0.00519. The van der Waals surface area contributed by atoms with Gasteiger partial charge in [-0.3, -0.25) is 9.78 Å². The van der Waals surface area contributed by atoms with Gasteiger partial charge in [-0.1, -0.05) is 11.6 Å². The maximum atomic E-state index is 12.3. The van der Waals surface area contributed by atoms with E-state index in [0.29, 0.717) is 6.29 Å². The molecule has 0 aromatic carbocycles. The van der Waals surface area contributed by atoms with Gasteiger partial charge in [0.25, 0.3) is 6.43 Å². The average molecular weight is 240 g/mol. The van der Waals surface area contributed by atoms with Gasteiger partial charge in [-0.2, -0.15) is 0 Å². The van der Waals surface area contributed by atoms with Crippen molar-refractivity contribution in [1.29, 1.82) is 0 Å². The van der Waals surface area contributed by atoms with Crippen LogP contribution in [0.5, 0.6) is 0 Å². The lowest BCUT2D eigenvalue weighted by atomic mass is 10.1. The first-order chi connectivity index (χ1) is 6.61. The number of rotatable bonds is 3. The summed E-state index contributed by atoms with van der Waals surface area (Å²) in [5.74, 6) is -0.125. The molecule has 1 aromatic heterocycles. The number of pyridine rings is 1. The van der Waals surface area contributed by atoms with Crippen LogP contribution in [0.25, 0.3) is 0 Å². The average Bonchev–Trinajstić information content (AvgIpc) is 2.16. The van der Waals surface area contributed by atoms with E-state index < -0.39 is 12.0 Å². The van der Waals surface area contributed by atoms with E-state index >= 15 is 0 Å². The quantitative estimate of drug-likeness (QED) is 0.599. The summed E-state index contributed by atoms with van der Waals surface area (Å²) in [7, 11) is 0. The van der Waals surface area contributed by atoms with Crippen LogP contribution in [0, 0.1) is 0 Å². The lowest BCUT2D eigenvalue weighted by Crippen LogP contribution is -1.99. The largest absolute Gasteiger partial charge is 0.296 e. The van der Waals surface area contributed by atoms with Gasteiger partial charge in [0, 0.05) is 11.8 Å². The predicted molar refractivity (Wildman–Crippen MR) is 49.1 cm³/mol. The minimum atomic E-state index is -2.72. The maximum Gasteiger partial charge on any atom is 0.266 e. The fraction of sp³-hybridized carbons (Fsp3) is 0.250. The molecule has 1 aromatic rings. The van der Waals surface area contributed by atoms with Gasteiger partial charge in [0.2, 0.25) is 0 Å². The number of hydrogen-bond donors (Lipinski definition) is 0. The molecule has 0 N–H and O–H groups in total. The topological polar surface area (TPSA) is 30.0 Å². The first-order valence-electron chi connectivity index (χ1n) is 3.58. The summed E-state index contributed by atoms with van der Waals surface area (Å²) in [4.78, 5) is 14.0. The highest BCUT2D eigenvalue weighted by Gasteiger charge is 2.18. The van der Waals surface area contributed by atoms with Crippen molar-refractivity contribution in [1.82, 2.24) is 4.98 Å². The smallest absolute Gasteiger partial charge is 0.266 e. The molecule has 1 heterocycles. The molecule has 0 unspecified atom stereocenters. The summed E-state index contributed by atoms with van der Waals surface area (Å²) in [6, 6.07) is 0. The number of carbonyl (C=O) groups is 1. The molecule has 0 atom stereocenters. The molecular weight excluding hydrogens is 235 g/mol. The highest BCUT2D eigenvalue weighted by atomic mass is 35.5. The second kappa shape index (κ2) is 4.66. The van der Waals surface area contributed by atoms with Crippen LogP contribution < -0.4 is 0 Å². The van der Waals surface area contributed by atoms with Crippen LogP contribution in [0.1, 0.15) is 28.0 Å². The summed E-state index contributed by atoms with van der Waals surface area (Å²) in [6.45, 7) is 0. The molecule has 0 aliphatic rings. The molecule has 76 valence electrons. The summed E-state index contributed by atoms with van der Waals surface area (Å²) in [6.07, 6.45) is -1.41. The Morgan fingerprint density at radius 2 is 2.21 bits per heavy atom. The lowest BCUT2D eigenvalue weighted by Gasteiger charge is -2.07. The number of nitrogens with zero attached hydrogens (tertiary/aromatic N) is 1. The highest BCUT2D eigenvalue weighted by molar-refractivity contribution is 6.33. The molecule has 2 nitrogen and oxygen atoms in total. The molecule has 0 fully saturated rings. The second-order valence-electron chi connectivity index (χ2n) is 2.44. The van der Waals surface area contributed by atoms with E-state index in [2.05, 4.69) is 4.98 Å². The van der Waals surface area contributed by atoms with Gasteiger partial charge in [0.15, 0.2) is 6.29 Å². The molecular formula is C8H5Cl2F2NO. The van der Waals surface area contributed by atoms with E-state index in [1.807, 2.05) is 0 Å². The Morgan fingerprint density at radius 1 is 1.57 bits per heavy atom. The number of halogens is 4. The molecule has 14 heavy (non-hydrogen) atoms. The zero-order valence-corrected chi connectivity index (χ0v) is 8.32. The number of hydrogen-bond acceptors (Lipinski definition) is 2. The van der Waals surface area contributed by atoms with Crippen molar-refractivity contribution in [3.05, 3.63) is 28.0 Å². The molecule has 6 heteroatoms. The van der Waals surface area contributed by atoms with Gasteiger partial charge in [-0.25, -0.2) is 8.78 Å². The van der Waals surface area contributed by atoms with Crippen molar-refractivity contribution in [2.45, 2.75) is 12.3 Å². The van der Waals surface area contributed by atoms with Gasteiger partial charge >= 0.3 is 0 Å². The van der Waals surface area contributed by atoms with E-state index in [9.17, 15) is 13.6 Å². The van der Waals surface area contributed by atoms with Crippen LogP contribution in [0.4, 0.5) is 8.78 Å². The Morgan fingerprint density at radius 3 is 2.64 bits per heavy atom. The molecule has 0 saturated heterocycles. The van der Waals surface area contributed by atoms with Crippen molar-refractivity contribution < 1.29 is 13.6 Å². The van der Waals surface area contributed by atoms with Crippen molar-refractivity contribution >= 4 is 29.5 Å². The van der Waals surface area contributed by atoms with E-state index in [1.165, 1.54) is 0 Å². The van der Waals surface area contributed by atoms with E-state index in [1.54, 1.807) is 0 Å². The van der Waals surface area contributed by atoms with Crippen LogP contribution in [0.2, 0.25) is 5.02 Å². The Kier molecular flexibility index (Phi) is 3.77. The maximum absolute atomic E-state index is 12.3. The summed E-state index contributed by atoms with van der Waals surface area (Å²) in [5.41, 5.74) is -0.275. The van der Waals surface area contributed by atoms with Crippen LogP contribution in [0.15, 0.2) is 6.20 Å². The molecule has 0 spiro atoms. The van der Waals surface area contributed by atoms with Crippen molar-refractivity contribution in [3.8, 4) is 0 Å². The first-order valence-corrected chi connectivity index (χ1v) is 4.49. The van der Waals surface area contributed by atoms with Gasteiger partial charge in [0.1, 0.15) is 5.69 Å². The summed E-state index contributed by atoms with van der Waals surface area (Å²) in [5, 5.41) is -0.188. The first kappa shape index (κ1) is 11.3. The van der Waals surface area contributed by atoms with Crippen LogP contribution in [-0.4, -0.2) is 11.3 Å². The Balaban J connectivity index is 3.34. The number of alkyl halides is 3. The fourth-order valence-electron chi connectivity index (χ4n) is 0.941. The van der Waals surface area contributed by atoms with Crippen LogP contribution >= 0.6 is 23.2 Å². The van der Waals surface area contributed by atoms with Crippen molar-refractivity contribution in [2.24, 2.45) is 0 Å². The van der Waals surface area contributed by atoms with E-state index in [0.717, 1.165) is 6.20 Å². The van der Waals surface area contributed by atoms with Crippen LogP contribution in [0.3, 0.4) is 0 Å². The van der Waals surface area contributed by atoms with Crippen molar-refractivity contribution in [3.63, 3.8) is 0 Å². The Labute approximate surface area is 88.8 Å². The van der Waals surface area contributed by atoms with Gasteiger partial charge in [0.05, 0.1) is 16.5 Å². The predicted octanol–water partition coefficient (Wildman–Crippen LogP) is 3.22. The summed E-state index contributed by atoms with van der Waals surface area (Å²) < 4.78 is 24.6. The monoisotopic (exact) mass is 239 g/mol. The third-order valence-electron chi connectivity index (χ3n) is 1.65. The van der Waals surface area contributed by atoms with Gasteiger partial charge < -0.3 is 0 Å². The SMILES string of the molecule is O=Cc1ncc(C(F)F)c(Cl)c1CCl.